The van der Waals surface area contributed by atoms with E-state index in [1.54, 1.807) is 0 Å². The molecule has 0 aromatic heterocycles. The van der Waals surface area contributed by atoms with E-state index in [-0.39, 0.29) is 29.8 Å². The minimum Gasteiger partial charge on any atom is -0.414 e. The second-order valence-corrected chi connectivity index (χ2v) is 12.9. The summed E-state index contributed by atoms with van der Waals surface area (Å²) in [6.07, 6.45) is -1.62. The van der Waals surface area contributed by atoms with E-state index in [0.29, 0.717) is 0 Å². The predicted octanol–water partition coefficient (Wildman–Crippen LogP) is 3.34. The van der Waals surface area contributed by atoms with Gasteiger partial charge in [-0.25, -0.2) is 8.78 Å². The highest BCUT2D eigenvalue weighted by molar-refractivity contribution is 6.74. The van der Waals surface area contributed by atoms with Gasteiger partial charge < -0.3 is 14.9 Å². The highest BCUT2D eigenvalue weighted by Crippen LogP contribution is 2.39. The van der Waals surface area contributed by atoms with Gasteiger partial charge in [0.05, 0.1) is 12.7 Å². The molecule has 2 unspecified atom stereocenters. The van der Waals surface area contributed by atoms with Crippen molar-refractivity contribution in [2.75, 3.05) is 12.5 Å². The molecule has 10 heteroatoms. The molecule has 150 valence electrons. The van der Waals surface area contributed by atoms with Crippen LogP contribution in [0.4, 0.5) is 8.78 Å². The summed E-state index contributed by atoms with van der Waals surface area (Å²) in [4.78, 5) is 18.2. The van der Waals surface area contributed by atoms with Crippen molar-refractivity contribution in [3.05, 3.63) is 0 Å². The Hall–Kier alpha value is -0.903. The van der Waals surface area contributed by atoms with Crippen molar-refractivity contribution in [2.45, 2.75) is 70.0 Å². The van der Waals surface area contributed by atoms with Gasteiger partial charge in [-0.05, 0) is 18.1 Å². The third-order valence-corrected chi connectivity index (χ3v) is 9.27. The Kier molecular flexibility index (Phi) is 7.88. The molecule has 1 rings (SSSR count). The molecule has 2 N–H and O–H groups in total. The van der Waals surface area contributed by atoms with Crippen LogP contribution in [0.3, 0.4) is 0 Å². The number of halogens is 3. The SMILES string of the molecule is CC(C)(C)[Si](C)(C)OCC1CC(F)(F)C(N=CCC(N)=NC(=O)CCl)O1. The zero-order valence-corrected chi connectivity index (χ0v) is 17.6. The lowest BCUT2D eigenvalue weighted by Crippen LogP contribution is -2.42. The highest BCUT2D eigenvalue weighted by atomic mass is 35.5. The highest BCUT2D eigenvalue weighted by Gasteiger charge is 2.51. The summed E-state index contributed by atoms with van der Waals surface area (Å²) >= 11 is 5.30. The number of carbonyl (C=O) groups is 1. The van der Waals surface area contributed by atoms with Crippen LogP contribution in [0, 0.1) is 0 Å². The van der Waals surface area contributed by atoms with Crippen LogP contribution < -0.4 is 5.73 Å². The van der Waals surface area contributed by atoms with E-state index in [0.717, 1.165) is 0 Å². The van der Waals surface area contributed by atoms with Crippen LogP contribution in [0.5, 0.6) is 0 Å². The Morgan fingerprint density at radius 2 is 2.08 bits per heavy atom. The fraction of sp³-hybridized carbons (Fsp3) is 0.812. The molecule has 0 spiro atoms. The molecule has 2 atom stereocenters. The summed E-state index contributed by atoms with van der Waals surface area (Å²) in [5, 5.41) is -0.0109. The van der Waals surface area contributed by atoms with Gasteiger partial charge in [0.15, 0.2) is 8.32 Å². The van der Waals surface area contributed by atoms with Crippen molar-refractivity contribution in [1.29, 1.82) is 0 Å². The van der Waals surface area contributed by atoms with Crippen LogP contribution in [0.1, 0.15) is 33.6 Å². The lowest BCUT2D eigenvalue weighted by Gasteiger charge is -2.36. The van der Waals surface area contributed by atoms with Crippen molar-refractivity contribution < 1.29 is 22.7 Å². The average molecular weight is 412 g/mol. The van der Waals surface area contributed by atoms with E-state index >= 15 is 0 Å². The molecule has 0 aromatic rings. The van der Waals surface area contributed by atoms with Gasteiger partial charge >= 0.3 is 0 Å². The van der Waals surface area contributed by atoms with Gasteiger partial charge in [0.25, 0.3) is 11.8 Å². The zero-order chi connectivity index (χ0) is 20.2. The average Bonchev–Trinajstić information content (AvgIpc) is 2.78. The molecular formula is C16H28ClF2N3O3Si. The normalized spacial score (nSPS) is 24.4. The van der Waals surface area contributed by atoms with E-state index in [4.69, 9.17) is 26.5 Å². The fourth-order valence-electron chi connectivity index (χ4n) is 1.97. The maximum absolute atomic E-state index is 14.1. The van der Waals surface area contributed by atoms with Gasteiger partial charge in [-0.2, -0.15) is 4.99 Å². The Labute approximate surface area is 159 Å². The maximum atomic E-state index is 14.1. The number of carbonyl (C=O) groups excluding carboxylic acids is 1. The van der Waals surface area contributed by atoms with E-state index < -0.39 is 38.9 Å². The Morgan fingerprint density at radius 3 is 2.62 bits per heavy atom. The molecule has 1 fully saturated rings. The number of ether oxygens (including phenoxy) is 1. The maximum Gasteiger partial charge on any atom is 0.296 e. The van der Waals surface area contributed by atoms with E-state index in [1.165, 1.54) is 6.21 Å². The van der Waals surface area contributed by atoms with Crippen LogP contribution in [0.2, 0.25) is 18.1 Å². The molecule has 1 amide bonds. The molecule has 6 nitrogen and oxygen atoms in total. The van der Waals surface area contributed by atoms with Crippen molar-refractivity contribution in [3.63, 3.8) is 0 Å². The largest absolute Gasteiger partial charge is 0.414 e. The summed E-state index contributed by atoms with van der Waals surface area (Å²) in [5.74, 6) is -4.02. The van der Waals surface area contributed by atoms with Crippen LogP contribution in [-0.4, -0.2) is 57.0 Å². The molecule has 0 bridgehead atoms. The predicted molar refractivity (Wildman–Crippen MR) is 102 cm³/mol. The van der Waals surface area contributed by atoms with Crippen LogP contribution in [0.25, 0.3) is 0 Å². The molecule has 0 aromatic carbocycles. The number of amides is 1. The minimum absolute atomic E-state index is 0.0109. The number of hydrogen-bond donors (Lipinski definition) is 1. The van der Waals surface area contributed by atoms with Crippen molar-refractivity contribution >= 4 is 37.9 Å². The lowest BCUT2D eigenvalue weighted by molar-refractivity contribution is -0.115. The van der Waals surface area contributed by atoms with E-state index in [1.807, 2.05) is 0 Å². The van der Waals surface area contributed by atoms with Crippen molar-refractivity contribution in [1.82, 2.24) is 0 Å². The van der Waals surface area contributed by atoms with Gasteiger partial charge in [-0.3, -0.25) is 9.79 Å². The monoisotopic (exact) mass is 411 g/mol. The first-order valence-electron chi connectivity index (χ1n) is 8.39. The summed E-state index contributed by atoms with van der Waals surface area (Å²) < 4.78 is 39.5. The molecule has 0 radical (unpaired) electrons. The van der Waals surface area contributed by atoms with E-state index in [2.05, 4.69) is 43.9 Å². The third kappa shape index (κ3) is 6.68. The number of nitrogens with zero attached hydrogens (tertiary/aromatic N) is 2. The standard InChI is InChI=1S/C16H28ClF2N3O3Si/c1-15(2,3)26(4,5)24-10-11-8-16(18,19)14(25-11)21-7-6-12(20)22-13(23)9-17/h7,11,14H,6,8-10H2,1-5H3,(H2,20,22,23). The smallest absolute Gasteiger partial charge is 0.296 e. The quantitative estimate of drug-likeness (QED) is 0.301. The zero-order valence-electron chi connectivity index (χ0n) is 15.9. The molecular weight excluding hydrogens is 384 g/mol. The number of aliphatic imine (C=N–C) groups is 2. The minimum atomic E-state index is -3.09. The molecule has 1 heterocycles. The summed E-state index contributed by atoms with van der Waals surface area (Å²) in [7, 11) is -2.04. The number of rotatable bonds is 7. The second kappa shape index (κ2) is 8.86. The third-order valence-electron chi connectivity index (χ3n) is 4.54. The number of amidine groups is 1. The first-order valence-corrected chi connectivity index (χ1v) is 11.8. The molecule has 0 saturated carbocycles. The number of hydrogen-bond acceptors (Lipinski definition) is 4. The van der Waals surface area contributed by atoms with Gasteiger partial charge in [0.1, 0.15) is 11.7 Å². The second-order valence-electron chi connectivity index (χ2n) is 7.81. The van der Waals surface area contributed by atoms with Gasteiger partial charge in [0.2, 0.25) is 6.23 Å². The van der Waals surface area contributed by atoms with Crippen LogP contribution >= 0.6 is 11.6 Å². The lowest BCUT2D eigenvalue weighted by atomic mass is 10.2. The van der Waals surface area contributed by atoms with E-state index in [9.17, 15) is 13.6 Å². The molecule has 0 aliphatic carbocycles. The fourth-order valence-corrected chi connectivity index (χ4v) is 3.07. The molecule has 1 saturated heterocycles. The first kappa shape index (κ1) is 23.1. The number of alkyl halides is 3. The summed E-state index contributed by atoms with van der Waals surface area (Å²) in [6, 6.07) is 0. The Bertz CT molecular complexity index is 565. The van der Waals surface area contributed by atoms with Gasteiger partial charge in [-0.1, -0.05) is 20.8 Å². The van der Waals surface area contributed by atoms with Crippen LogP contribution in [-0.2, 0) is 14.0 Å². The molecule has 1 aliphatic rings. The van der Waals surface area contributed by atoms with Crippen molar-refractivity contribution in [2.24, 2.45) is 15.7 Å². The summed E-state index contributed by atoms with van der Waals surface area (Å²) in [5.41, 5.74) is 5.50. The Balaban J connectivity index is 2.61. The van der Waals surface area contributed by atoms with Crippen molar-refractivity contribution in [3.8, 4) is 0 Å². The molecule has 26 heavy (non-hydrogen) atoms. The Morgan fingerprint density at radius 1 is 1.46 bits per heavy atom. The first-order chi connectivity index (χ1) is 11.8. The van der Waals surface area contributed by atoms with Gasteiger partial charge in [-0.15, -0.1) is 11.6 Å². The topological polar surface area (TPSA) is 86.3 Å². The van der Waals surface area contributed by atoms with Crippen LogP contribution in [0.15, 0.2) is 9.98 Å². The number of nitrogens with two attached hydrogens (primary N) is 1. The van der Waals surface area contributed by atoms with Gasteiger partial charge in [0, 0.05) is 19.1 Å². The molecule has 1 aliphatic heterocycles. The summed E-state index contributed by atoms with van der Waals surface area (Å²) in [6.45, 7) is 10.5.